The third-order valence-electron chi connectivity index (χ3n) is 4.68. The van der Waals surface area contributed by atoms with Crippen molar-refractivity contribution in [1.82, 2.24) is 5.32 Å². The first-order chi connectivity index (χ1) is 15.3. The van der Waals surface area contributed by atoms with E-state index in [1.165, 1.54) is 45.3 Å². The minimum absolute atomic E-state index is 0.0584. The van der Waals surface area contributed by atoms with Gasteiger partial charge in [-0.1, -0.05) is 34.1 Å². The molecule has 1 amide bonds. The largest absolute Gasteiger partial charge is 0.467 e. The maximum Gasteiger partial charge on any atom is 0.328 e. The molecule has 1 heterocycles. The van der Waals surface area contributed by atoms with Crippen LogP contribution in [0.2, 0.25) is 0 Å². The second kappa shape index (κ2) is 13.4. The molecule has 1 aliphatic rings. The van der Waals surface area contributed by atoms with Crippen LogP contribution in [0.15, 0.2) is 18.2 Å². The number of methoxy groups -OCH3 is 1. The number of rotatable bonds is 11. The Balaban J connectivity index is 1.97. The van der Waals surface area contributed by atoms with Gasteiger partial charge >= 0.3 is 17.9 Å². The molecule has 2 atom stereocenters. The Kier molecular flexibility index (Phi) is 10.9. The van der Waals surface area contributed by atoms with E-state index in [0.717, 1.165) is 19.3 Å². The quantitative estimate of drug-likeness (QED) is 0.219. The SMILES string of the molecule is COC(=O)[C@H](Cc1ccc(OC(C)=O)c(OC(C)=O)c1)NC(=O)CCCC[C@@H]1CCSS1. The maximum atomic E-state index is 12.4. The van der Waals surface area contributed by atoms with Crippen LogP contribution in [-0.2, 0) is 30.3 Å². The average molecular weight is 484 g/mol. The normalized spacial score (nSPS) is 16.2. The molecule has 1 aliphatic heterocycles. The molecule has 1 fully saturated rings. The van der Waals surface area contributed by atoms with Gasteiger partial charge in [-0.05, 0) is 37.0 Å². The van der Waals surface area contributed by atoms with Crippen LogP contribution < -0.4 is 14.8 Å². The first-order valence-electron chi connectivity index (χ1n) is 10.4. The summed E-state index contributed by atoms with van der Waals surface area (Å²) in [5.74, 6) is -0.588. The minimum Gasteiger partial charge on any atom is -0.467 e. The molecule has 0 bridgehead atoms. The minimum atomic E-state index is -0.890. The standard InChI is InChI=1S/C22H29NO7S2/c1-14(24)29-19-9-8-16(13-20(19)30-15(2)25)12-18(22(27)28-3)23-21(26)7-5-4-6-17-10-11-31-32-17/h8-9,13,17-18H,4-7,10-12H2,1-3H3,(H,23,26)/t17-,18+/m1/s1. The lowest BCUT2D eigenvalue weighted by atomic mass is 10.0. The fourth-order valence-corrected chi connectivity index (χ4v) is 6.24. The lowest BCUT2D eigenvalue weighted by Crippen LogP contribution is -2.43. The van der Waals surface area contributed by atoms with Gasteiger partial charge in [0.1, 0.15) is 6.04 Å². The highest BCUT2D eigenvalue weighted by Gasteiger charge is 2.23. The van der Waals surface area contributed by atoms with Crippen LogP contribution in [0.5, 0.6) is 11.5 Å². The van der Waals surface area contributed by atoms with Gasteiger partial charge in [-0.15, -0.1) is 0 Å². The molecule has 0 unspecified atom stereocenters. The van der Waals surface area contributed by atoms with E-state index in [9.17, 15) is 19.2 Å². The molecular formula is C22H29NO7S2. The van der Waals surface area contributed by atoms with Crippen LogP contribution >= 0.6 is 21.6 Å². The monoisotopic (exact) mass is 483 g/mol. The number of carbonyl (C=O) groups excluding carboxylic acids is 4. The van der Waals surface area contributed by atoms with Crippen LogP contribution in [0.1, 0.15) is 51.5 Å². The predicted octanol–water partition coefficient (Wildman–Crippen LogP) is 3.45. The summed E-state index contributed by atoms with van der Waals surface area (Å²) in [4.78, 5) is 47.3. The van der Waals surface area contributed by atoms with Gasteiger partial charge in [0, 0.05) is 37.7 Å². The molecule has 0 aliphatic carbocycles. The zero-order valence-corrected chi connectivity index (χ0v) is 20.1. The van der Waals surface area contributed by atoms with Crippen LogP contribution in [0.25, 0.3) is 0 Å². The number of benzene rings is 1. The van der Waals surface area contributed by atoms with Crippen LogP contribution in [0.4, 0.5) is 0 Å². The second-order valence-electron chi connectivity index (χ2n) is 7.39. The fourth-order valence-electron chi connectivity index (χ4n) is 3.21. The van der Waals surface area contributed by atoms with Gasteiger partial charge in [0.15, 0.2) is 11.5 Å². The number of hydrogen-bond acceptors (Lipinski definition) is 9. The van der Waals surface area contributed by atoms with Gasteiger partial charge in [0.25, 0.3) is 0 Å². The Hall–Kier alpha value is -2.20. The van der Waals surface area contributed by atoms with E-state index in [0.29, 0.717) is 17.2 Å². The molecule has 8 nitrogen and oxygen atoms in total. The van der Waals surface area contributed by atoms with Crippen LogP contribution in [0, 0.1) is 0 Å². The predicted molar refractivity (Wildman–Crippen MR) is 124 cm³/mol. The first kappa shape index (κ1) is 26.1. The van der Waals surface area contributed by atoms with Crippen molar-refractivity contribution in [3.8, 4) is 11.5 Å². The molecule has 0 saturated carbocycles. The summed E-state index contributed by atoms with van der Waals surface area (Å²) in [5.41, 5.74) is 0.601. The molecule has 1 N–H and O–H groups in total. The van der Waals surface area contributed by atoms with Gasteiger partial charge < -0.3 is 19.5 Å². The van der Waals surface area contributed by atoms with Crippen molar-refractivity contribution in [2.45, 2.75) is 63.7 Å². The fraction of sp³-hybridized carbons (Fsp3) is 0.545. The molecule has 10 heteroatoms. The van der Waals surface area contributed by atoms with E-state index in [2.05, 4.69) is 5.32 Å². The first-order valence-corrected chi connectivity index (χ1v) is 12.8. The van der Waals surface area contributed by atoms with Gasteiger partial charge in [0.05, 0.1) is 7.11 Å². The van der Waals surface area contributed by atoms with Crippen molar-refractivity contribution in [1.29, 1.82) is 0 Å². The molecule has 0 spiro atoms. The number of carbonyl (C=O) groups is 4. The Bertz CT molecular complexity index is 824. The van der Waals surface area contributed by atoms with E-state index in [-0.39, 0.29) is 23.8 Å². The van der Waals surface area contributed by atoms with E-state index in [1.807, 2.05) is 21.6 Å². The summed E-state index contributed by atoms with van der Waals surface area (Å²) in [6, 6.07) is 3.72. The van der Waals surface area contributed by atoms with E-state index >= 15 is 0 Å². The van der Waals surface area contributed by atoms with Crippen LogP contribution in [-0.4, -0.2) is 48.0 Å². The third-order valence-corrected chi connectivity index (χ3v) is 7.69. The van der Waals surface area contributed by atoms with Crippen molar-refractivity contribution in [3.63, 3.8) is 0 Å². The van der Waals surface area contributed by atoms with Crippen molar-refractivity contribution in [2.75, 3.05) is 12.9 Å². The Morgan fingerprint density at radius 3 is 2.44 bits per heavy atom. The highest BCUT2D eigenvalue weighted by molar-refractivity contribution is 8.77. The number of hydrogen-bond donors (Lipinski definition) is 1. The molecule has 1 saturated heterocycles. The third kappa shape index (κ3) is 9.12. The number of nitrogens with one attached hydrogen (secondary N) is 1. The highest BCUT2D eigenvalue weighted by Crippen LogP contribution is 2.39. The molecule has 1 aromatic rings. The topological polar surface area (TPSA) is 108 Å². The summed E-state index contributed by atoms with van der Waals surface area (Å²) in [5, 5.41) is 3.41. The average Bonchev–Trinajstić information content (AvgIpc) is 3.25. The van der Waals surface area contributed by atoms with Crippen molar-refractivity contribution in [3.05, 3.63) is 23.8 Å². The molecule has 1 aromatic carbocycles. The number of unbranched alkanes of at least 4 members (excludes halogenated alkanes) is 1. The molecular weight excluding hydrogens is 454 g/mol. The Morgan fingerprint density at radius 2 is 1.81 bits per heavy atom. The second-order valence-corrected chi connectivity index (χ2v) is 10.2. The lowest BCUT2D eigenvalue weighted by molar-refractivity contribution is -0.145. The van der Waals surface area contributed by atoms with Crippen molar-refractivity contribution in [2.24, 2.45) is 0 Å². The Morgan fingerprint density at radius 1 is 1.09 bits per heavy atom. The smallest absolute Gasteiger partial charge is 0.328 e. The molecule has 2 rings (SSSR count). The van der Waals surface area contributed by atoms with Crippen LogP contribution in [0.3, 0.4) is 0 Å². The lowest BCUT2D eigenvalue weighted by Gasteiger charge is -2.18. The summed E-state index contributed by atoms with van der Waals surface area (Å²) in [6.45, 7) is 2.46. The summed E-state index contributed by atoms with van der Waals surface area (Å²) >= 11 is 0. The number of amides is 1. The molecule has 0 radical (unpaired) electrons. The molecule has 0 aromatic heterocycles. The Labute approximate surface area is 195 Å². The number of esters is 3. The van der Waals surface area contributed by atoms with E-state index < -0.39 is 23.9 Å². The summed E-state index contributed by atoms with van der Waals surface area (Å²) in [6.07, 6.45) is 4.51. The van der Waals surface area contributed by atoms with Gasteiger partial charge in [-0.25, -0.2) is 4.79 Å². The van der Waals surface area contributed by atoms with Gasteiger partial charge in [-0.3, -0.25) is 14.4 Å². The van der Waals surface area contributed by atoms with Crippen molar-refractivity contribution >= 4 is 45.4 Å². The summed E-state index contributed by atoms with van der Waals surface area (Å²) in [7, 11) is 5.08. The number of ether oxygens (including phenoxy) is 3. The molecule has 176 valence electrons. The summed E-state index contributed by atoms with van der Waals surface area (Å²) < 4.78 is 15.0. The van der Waals surface area contributed by atoms with Gasteiger partial charge in [0.2, 0.25) is 5.91 Å². The van der Waals surface area contributed by atoms with E-state index in [4.69, 9.17) is 14.2 Å². The van der Waals surface area contributed by atoms with Gasteiger partial charge in [-0.2, -0.15) is 0 Å². The maximum absolute atomic E-state index is 12.4. The van der Waals surface area contributed by atoms with E-state index in [1.54, 1.807) is 6.07 Å². The zero-order chi connectivity index (χ0) is 23.5. The highest BCUT2D eigenvalue weighted by atomic mass is 33.1. The zero-order valence-electron chi connectivity index (χ0n) is 18.5. The molecule has 32 heavy (non-hydrogen) atoms. The van der Waals surface area contributed by atoms with Crippen molar-refractivity contribution < 1.29 is 33.4 Å².